The lowest BCUT2D eigenvalue weighted by Crippen LogP contribution is -2.20. The van der Waals surface area contributed by atoms with Crippen LogP contribution >= 0.6 is 27.5 Å². The second-order valence-electron chi connectivity index (χ2n) is 5.88. The number of nitrogens with two attached hydrogens (primary N) is 1. The van der Waals surface area contributed by atoms with Crippen molar-refractivity contribution in [3.63, 3.8) is 0 Å². The number of benzene rings is 2. The van der Waals surface area contributed by atoms with Gasteiger partial charge >= 0.3 is 0 Å². The van der Waals surface area contributed by atoms with E-state index >= 15 is 0 Å². The fourth-order valence-electron chi connectivity index (χ4n) is 2.48. The molecule has 0 fully saturated rings. The number of nitrogens with zero attached hydrogens (tertiary/aromatic N) is 2. The zero-order chi connectivity index (χ0) is 21.8. The molecule has 2 amide bonds. The Morgan fingerprint density at radius 3 is 2.77 bits per heavy atom. The molecule has 4 N–H and O–H groups in total. The van der Waals surface area contributed by atoms with Crippen LogP contribution < -0.4 is 21.1 Å². The van der Waals surface area contributed by atoms with E-state index < -0.39 is 24.2 Å². The first-order chi connectivity index (χ1) is 14.3. The lowest BCUT2D eigenvalue weighted by molar-refractivity contribution is -0.119. The molecule has 0 aliphatic carbocycles. The summed E-state index contributed by atoms with van der Waals surface area (Å²) in [5, 5.41) is 5.81. The summed E-state index contributed by atoms with van der Waals surface area (Å²) in [6.07, 6.45) is 2.34. The van der Waals surface area contributed by atoms with Crippen molar-refractivity contribution in [1.29, 1.82) is 0 Å². The Morgan fingerprint density at radius 2 is 2.07 bits per heavy atom. The second-order valence-corrected chi connectivity index (χ2v) is 7.12. The molecule has 0 atom stereocenters. The number of halogens is 3. The quantitative estimate of drug-likeness (QED) is 0.338. The predicted molar refractivity (Wildman–Crippen MR) is 115 cm³/mol. The third-order valence-corrected chi connectivity index (χ3v) is 5.10. The van der Waals surface area contributed by atoms with Gasteiger partial charge in [0.25, 0.3) is 5.91 Å². The van der Waals surface area contributed by atoms with Crippen molar-refractivity contribution in [2.24, 2.45) is 5.73 Å². The summed E-state index contributed by atoms with van der Waals surface area (Å²) in [5.41, 5.74) is 5.85. The average Bonchev–Trinajstić information content (AvgIpc) is 2.72. The second kappa shape index (κ2) is 9.06. The number of carbonyl (C=O) groups excluding carboxylic acids is 2. The van der Waals surface area contributed by atoms with Crippen molar-refractivity contribution >= 4 is 67.4 Å². The first kappa shape index (κ1) is 21.5. The molecule has 1 heterocycles. The smallest absolute Gasteiger partial charge is 0.255 e. The molecule has 0 saturated carbocycles. The van der Waals surface area contributed by atoms with Gasteiger partial charge in [-0.25, -0.2) is 14.4 Å². The average molecular weight is 495 g/mol. The molecule has 0 aliphatic heterocycles. The molecule has 0 radical (unpaired) electrons. The normalized spacial score (nSPS) is 10.5. The lowest BCUT2D eigenvalue weighted by atomic mass is 10.1. The van der Waals surface area contributed by atoms with Crippen molar-refractivity contribution in [2.45, 2.75) is 0 Å². The number of nitrogens with one attached hydrogen (secondary N) is 2. The minimum absolute atomic E-state index is 0.0839. The minimum atomic E-state index is -0.691. The fourth-order valence-corrected chi connectivity index (χ4v) is 2.95. The van der Waals surface area contributed by atoms with Gasteiger partial charge < -0.3 is 21.1 Å². The van der Waals surface area contributed by atoms with Crippen LogP contribution in [0.15, 0.2) is 47.7 Å². The molecule has 0 saturated heterocycles. The molecule has 0 bridgehead atoms. The van der Waals surface area contributed by atoms with Crippen molar-refractivity contribution in [3.8, 4) is 5.75 Å². The predicted octanol–water partition coefficient (Wildman–Crippen LogP) is 3.92. The number of rotatable bonds is 7. The molecule has 0 unspecified atom stereocenters. The molecule has 154 valence electrons. The number of ether oxygens (including phenoxy) is 1. The van der Waals surface area contributed by atoms with Crippen molar-refractivity contribution in [2.75, 3.05) is 17.2 Å². The highest BCUT2D eigenvalue weighted by atomic mass is 79.9. The van der Waals surface area contributed by atoms with E-state index in [2.05, 4.69) is 43.1 Å². The molecule has 2 aromatic carbocycles. The summed E-state index contributed by atoms with van der Waals surface area (Å²) in [6, 6.07) is 6.09. The molecule has 30 heavy (non-hydrogen) atoms. The summed E-state index contributed by atoms with van der Waals surface area (Å²) < 4.78 is 20.3. The summed E-state index contributed by atoms with van der Waals surface area (Å²) in [6.45, 7) is 3.00. The molecular weight excluding hydrogens is 481 g/mol. The van der Waals surface area contributed by atoms with Crippen LogP contribution in [0.5, 0.6) is 5.75 Å². The third-order valence-electron chi connectivity index (χ3n) is 3.84. The van der Waals surface area contributed by atoms with Gasteiger partial charge in [-0.1, -0.05) is 18.2 Å². The van der Waals surface area contributed by atoms with E-state index in [1.807, 2.05) is 0 Å². The highest BCUT2D eigenvalue weighted by Crippen LogP contribution is 2.35. The van der Waals surface area contributed by atoms with Crippen LogP contribution in [-0.4, -0.2) is 28.4 Å². The van der Waals surface area contributed by atoms with Gasteiger partial charge in [-0.05, 0) is 40.2 Å². The number of amides is 2. The molecule has 0 spiro atoms. The Hall–Kier alpha value is -3.24. The van der Waals surface area contributed by atoms with E-state index in [-0.39, 0.29) is 28.0 Å². The van der Waals surface area contributed by atoms with E-state index in [0.29, 0.717) is 15.4 Å². The standard InChI is InChI=1S/C19H14BrClFN5O3/c1-2-16(29)26-13-5-9-12(6-14(13)30-7-15(23)28)24-8-25-19(9)27-11-4-3-10(20)17(21)18(11)22/h2-6,8H,1,7H2,(H2,23,28)(H,26,29)(H,24,25,27). The van der Waals surface area contributed by atoms with Crippen LogP contribution in [0.2, 0.25) is 5.02 Å². The summed E-state index contributed by atoms with van der Waals surface area (Å²) in [5.74, 6) is -1.44. The molecule has 3 aromatic rings. The Balaban J connectivity index is 2.09. The number of anilines is 3. The minimum Gasteiger partial charge on any atom is -0.482 e. The maximum Gasteiger partial charge on any atom is 0.255 e. The maximum absolute atomic E-state index is 14.5. The highest BCUT2D eigenvalue weighted by molar-refractivity contribution is 9.10. The van der Waals surface area contributed by atoms with E-state index in [1.165, 1.54) is 24.5 Å². The van der Waals surface area contributed by atoms with Crippen LogP contribution in [0, 0.1) is 5.82 Å². The monoisotopic (exact) mass is 493 g/mol. The van der Waals surface area contributed by atoms with E-state index in [4.69, 9.17) is 22.1 Å². The Bertz CT molecular complexity index is 1170. The van der Waals surface area contributed by atoms with Gasteiger partial charge in [-0.3, -0.25) is 9.59 Å². The number of primary amides is 1. The first-order valence-corrected chi connectivity index (χ1v) is 9.51. The Kier molecular flexibility index (Phi) is 6.48. The Labute approximate surface area is 183 Å². The van der Waals surface area contributed by atoms with E-state index in [1.54, 1.807) is 6.07 Å². The fraction of sp³-hybridized carbons (Fsp3) is 0.0526. The van der Waals surface area contributed by atoms with E-state index in [9.17, 15) is 14.0 Å². The summed E-state index contributed by atoms with van der Waals surface area (Å²) in [7, 11) is 0. The number of fused-ring (bicyclic) bond motifs is 1. The van der Waals surface area contributed by atoms with Crippen LogP contribution in [0.1, 0.15) is 0 Å². The van der Waals surface area contributed by atoms with Crippen LogP contribution in [0.4, 0.5) is 21.6 Å². The lowest BCUT2D eigenvalue weighted by Gasteiger charge is -2.15. The van der Waals surface area contributed by atoms with Gasteiger partial charge in [0.1, 0.15) is 17.9 Å². The SMILES string of the molecule is C=CC(=O)Nc1cc2c(Nc3ccc(Br)c(Cl)c3F)ncnc2cc1OCC(N)=O. The Morgan fingerprint density at radius 1 is 1.30 bits per heavy atom. The molecule has 0 aliphatic rings. The van der Waals surface area contributed by atoms with Gasteiger partial charge in [0.2, 0.25) is 5.91 Å². The maximum atomic E-state index is 14.5. The number of aromatic nitrogens is 2. The number of carbonyl (C=O) groups is 2. The van der Waals surface area contributed by atoms with E-state index in [0.717, 1.165) is 6.08 Å². The largest absolute Gasteiger partial charge is 0.482 e. The molecule has 3 rings (SSSR count). The molecule has 11 heteroatoms. The van der Waals surface area contributed by atoms with Crippen molar-refractivity contribution < 1.29 is 18.7 Å². The van der Waals surface area contributed by atoms with Crippen molar-refractivity contribution in [1.82, 2.24) is 9.97 Å². The molecule has 1 aromatic heterocycles. The van der Waals surface area contributed by atoms with Gasteiger partial charge in [-0.15, -0.1) is 0 Å². The summed E-state index contributed by atoms with van der Waals surface area (Å²) in [4.78, 5) is 31.2. The van der Waals surface area contributed by atoms with Crippen LogP contribution in [0.3, 0.4) is 0 Å². The van der Waals surface area contributed by atoms with Crippen LogP contribution in [0.25, 0.3) is 10.9 Å². The number of hydrogen-bond donors (Lipinski definition) is 3. The van der Waals surface area contributed by atoms with Gasteiger partial charge in [-0.2, -0.15) is 0 Å². The molecular formula is C19H14BrClFN5O3. The first-order valence-electron chi connectivity index (χ1n) is 8.34. The third kappa shape index (κ3) is 4.66. The van der Waals surface area contributed by atoms with Crippen LogP contribution in [-0.2, 0) is 9.59 Å². The zero-order valence-electron chi connectivity index (χ0n) is 15.2. The number of hydrogen-bond acceptors (Lipinski definition) is 6. The van der Waals surface area contributed by atoms with Crippen molar-refractivity contribution in [3.05, 3.63) is 58.6 Å². The topological polar surface area (TPSA) is 119 Å². The highest BCUT2D eigenvalue weighted by Gasteiger charge is 2.16. The zero-order valence-corrected chi connectivity index (χ0v) is 17.6. The van der Waals surface area contributed by atoms with Gasteiger partial charge in [0.15, 0.2) is 12.4 Å². The summed E-state index contributed by atoms with van der Waals surface area (Å²) >= 11 is 9.10. The molecule has 8 nitrogen and oxygen atoms in total. The van der Waals surface area contributed by atoms with Gasteiger partial charge in [0.05, 0.1) is 21.9 Å². The van der Waals surface area contributed by atoms with Gasteiger partial charge in [0, 0.05) is 15.9 Å².